The van der Waals surface area contributed by atoms with Gasteiger partial charge >= 0.3 is 0 Å². The number of benzene rings is 10. The molecule has 1 saturated carbocycles. The lowest BCUT2D eigenvalue weighted by molar-refractivity contribution is 0.178. The van der Waals surface area contributed by atoms with Crippen molar-refractivity contribution in [3.63, 3.8) is 0 Å². The Labute approximate surface area is 460 Å². The van der Waals surface area contributed by atoms with Crippen LogP contribution in [-0.4, -0.2) is 4.57 Å². The molecule has 384 valence electrons. The van der Waals surface area contributed by atoms with Crippen molar-refractivity contribution >= 4 is 61.6 Å². The highest BCUT2D eigenvalue weighted by molar-refractivity contribution is 6.11. The summed E-state index contributed by atoms with van der Waals surface area (Å²) in [5, 5.41) is 10.9. The van der Waals surface area contributed by atoms with E-state index >= 15 is 0 Å². The number of para-hydroxylation sites is 4. The first kappa shape index (κ1) is 49.0. The van der Waals surface area contributed by atoms with Gasteiger partial charge in [-0.25, -0.2) is 0 Å². The fourth-order valence-electron chi connectivity index (χ4n) is 13.0. The van der Waals surface area contributed by atoms with Gasteiger partial charge < -0.3 is 19.7 Å². The molecule has 0 saturated heterocycles. The molecule has 13 rings (SSSR count). The lowest BCUT2D eigenvalue weighted by Crippen LogP contribution is -2.57. The molecule has 0 spiro atoms. The first-order valence-corrected chi connectivity index (χ1v) is 28.4. The van der Waals surface area contributed by atoms with E-state index in [1.165, 1.54) is 111 Å². The van der Waals surface area contributed by atoms with Gasteiger partial charge in [-0.15, -0.1) is 0 Å². The predicted octanol–water partition coefficient (Wildman–Crippen LogP) is 19.9. The minimum absolute atomic E-state index is 0.354. The summed E-state index contributed by atoms with van der Waals surface area (Å²) in [7, 11) is 0. The van der Waals surface area contributed by atoms with Gasteiger partial charge in [0.2, 0.25) is 0 Å². The molecular weight excluding hydrogens is 947 g/mol. The average Bonchev–Trinajstić information content (AvgIpc) is 3.91. The fourth-order valence-corrected chi connectivity index (χ4v) is 13.0. The number of hydrogen-bond donors (Lipinski definition) is 2. The Morgan fingerprint density at radius 2 is 0.923 bits per heavy atom. The number of nitrogens with zero attached hydrogens (tertiary/aromatic N) is 3. The summed E-state index contributed by atoms with van der Waals surface area (Å²) in [5.74, 6) is 1.01. The van der Waals surface area contributed by atoms with Crippen molar-refractivity contribution < 1.29 is 0 Å². The Bertz CT molecular complexity index is 3550. The zero-order valence-electron chi connectivity index (χ0n) is 44.8. The van der Waals surface area contributed by atoms with Gasteiger partial charge in [0.15, 0.2) is 0 Å². The molecule has 78 heavy (non-hydrogen) atoms. The Balaban J connectivity index is 0.903. The van der Waals surface area contributed by atoms with Gasteiger partial charge in [-0.2, -0.15) is 0 Å². The Morgan fingerprint density at radius 1 is 0.474 bits per heavy atom. The predicted molar refractivity (Wildman–Crippen MR) is 329 cm³/mol. The number of rotatable bonds is 14. The molecule has 1 aromatic heterocycles. The van der Waals surface area contributed by atoms with E-state index in [0.29, 0.717) is 11.8 Å². The van der Waals surface area contributed by atoms with Gasteiger partial charge in [-0.1, -0.05) is 173 Å². The average molecular weight is 1010 g/mol. The first-order chi connectivity index (χ1) is 38.5. The fraction of sp³-hybridized carbons (Fsp3) is 0.178. The van der Waals surface area contributed by atoms with E-state index in [2.05, 4.69) is 288 Å². The quantitative estimate of drug-likeness (QED) is 0.114. The summed E-state index contributed by atoms with van der Waals surface area (Å²) in [6.45, 7) is 5.56. The second-order valence-corrected chi connectivity index (χ2v) is 21.6. The summed E-state index contributed by atoms with van der Waals surface area (Å²) in [4.78, 5) is 4.64. The maximum absolute atomic E-state index is 4.22. The lowest BCUT2D eigenvalue weighted by atomic mass is 9.74. The van der Waals surface area contributed by atoms with Gasteiger partial charge in [-0.3, -0.25) is 5.32 Å². The second-order valence-electron chi connectivity index (χ2n) is 21.6. The Morgan fingerprint density at radius 3 is 1.38 bits per heavy atom. The van der Waals surface area contributed by atoms with Crippen molar-refractivity contribution in [1.29, 1.82) is 0 Å². The summed E-state index contributed by atoms with van der Waals surface area (Å²) in [5.41, 5.74) is 20.1. The molecule has 2 atom stereocenters. The summed E-state index contributed by atoms with van der Waals surface area (Å²) < 4.78 is 2.48. The van der Waals surface area contributed by atoms with Gasteiger partial charge in [0.25, 0.3) is 0 Å². The SMILES string of the molecule is CCCC(C)c1cccc2c1CNC(c1ccc(-n3c4ccc(-c5ccc(N(c6ccccc6)c6ccccc6)cc5)cc4c4cc(-c5ccc(N(c6ccccc6)c6ccccc6)cc5)ccc43)cc1)(C1CCCCC1)N2. The molecule has 2 aliphatic rings. The monoisotopic (exact) mass is 1010 g/mol. The summed E-state index contributed by atoms with van der Waals surface area (Å²) >= 11 is 0. The number of anilines is 7. The van der Waals surface area contributed by atoms with Crippen LogP contribution in [0.3, 0.4) is 0 Å². The van der Waals surface area contributed by atoms with Crippen molar-refractivity contribution in [3.8, 4) is 27.9 Å². The van der Waals surface area contributed by atoms with Gasteiger partial charge in [0.05, 0.1) is 11.0 Å². The van der Waals surface area contributed by atoms with Crippen molar-refractivity contribution in [2.24, 2.45) is 5.92 Å². The normalized spacial score (nSPS) is 15.9. The van der Waals surface area contributed by atoms with Crippen LogP contribution < -0.4 is 20.4 Å². The van der Waals surface area contributed by atoms with E-state index < -0.39 is 0 Å². The number of aromatic nitrogens is 1. The number of fused-ring (bicyclic) bond motifs is 4. The standard InChI is InChI=1S/C73H67N5/c1-3-20-52(2)66-31-19-32-70-69(66)51-74-73(75-70,57-21-9-4-10-22-57)58-39-45-65(46-40-58)78-71-47-37-55(53-33-41-63(42-34-53)76(59-23-11-5-12-24-59)60-25-13-6-14-26-60)49-67(71)68-50-56(38-48-72(68)78)54-35-43-64(44-36-54)77(61-27-15-7-16-28-61)62-29-17-8-18-30-62/h5-8,11-19,23-50,52,57,74-75H,3-4,9-10,20-22,51H2,1-2H3. The molecule has 1 aliphatic carbocycles. The molecule has 0 bridgehead atoms. The van der Waals surface area contributed by atoms with Crippen LogP contribution in [0.5, 0.6) is 0 Å². The van der Waals surface area contributed by atoms with Crippen LogP contribution in [0.4, 0.5) is 39.8 Å². The maximum Gasteiger partial charge on any atom is 0.118 e. The van der Waals surface area contributed by atoms with E-state index in [4.69, 9.17) is 0 Å². The summed E-state index contributed by atoms with van der Waals surface area (Å²) in [6, 6.07) is 91.2. The van der Waals surface area contributed by atoms with E-state index in [1.807, 2.05) is 0 Å². The number of hydrogen-bond acceptors (Lipinski definition) is 4. The maximum atomic E-state index is 4.22. The molecule has 5 nitrogen and oxygen atoms in total. The van der Waals surface area contributed by atoms with Crippen LogP contribution in [0.2, 0.25) is 0 Å². The van der Waals surface area contributed by atoms with Crippen molar-refractivity contribution in [1.82, 2.24) is 9.88 Å². The van der Waals surface area contributed by atoms with E-state index in [9.17, 15) is 0 Å². The minimum atomic E-state index is -0.354. The van der Waals surface area contributed by atoms with Crippen LogP contribution in [0.15, 0.2) is 249 Å². The van der Waals surface area contributed by atoms with Crippen molar-refractivity contribution in [2.75, 3.05) is 15.1 Å². The lowest BCUT2D eigenvalue weighted by Gasteiger charge is -2.48. The molecule has 5 heteroatoms. The van der Waals surface area contributed by atoms with Crippen LogP contribution in [-0.2, 0) is 12.2 Å². The molecule has 2 unspecified atom stereocenters. The van der Waals surface area contributed by atoms with Crippen LogP contribution in [0.25, 0.3) is 49.7 Å². The summed E-state index contributed by atoms with van der Waals surface area (Å²) in [6.07, 6.45) is 8.67. The Kier molecular flexibility index (Phi) is 13.4. The molecule has 10 aromatic carbocycles. The highest BCUT2D eigenvalue weighted by atomic mass is 15.2. The molecule has 0 amide bonds. The van der Waals surface area contributed by atoms with Gasteiger partial charge in [0.1, 0.15) is 5.66 Å². The van der Waals surface area contributed by atoms with E-state index in [1.54, 1.807) is 0 Å². The van der Waals surface area contributed by atoms with Gasteiger partial charge in [0, 0.05) is 62.8 Å². The molecule has 2 N–H and O–H groups in total. The van der Waals surface area contributed by atoms with Crippen LogP contribution in [0.1, 0.15) is 81.4 Å². The topological polar surface area (TPSA) is 35.5 Å². The van der Waals surface area contributed by atoms with Crippen LogP contribution >= 0.6 is 0 Å². The molecule has 0 radical (unpaired) electrons. The molecule has 11 aromatic rings. The zero-order valence-corrected chi connectivity index (χ0v) is 44.8. The molecular formula is C73H67N5. The van der Waals surface area contributed by atoms with E-state index in [-0.39, 0.29) is 5.66 Å². The smallest absolute Gasteiger partial charge is 0.118 e. The third kappa shape index (κ3) is 9.22. The minimum Gasteiger partial charge on any atom is -0.363 e. The van der Waals surface area contributed by atoms with E-state index in [0.717, 1.165) is 46.4 Å². The molecule has 1 fully saturated rings. The van der Waals surface area contributed by atoms with Crippen molar-refractivity contribution in [3.05, 3.63) is 265 Å². The largest absolute Gasteiger partial charge is 0.363 e. The number of nitrogens with one attached hydrogen (secondary N) is 2. The molecule has 2 heterocycles. The third-order valence-electron chi connectivity index (χ3n) is 16.9. The van der Waals surface area contributed by atoms with Crippen molar-refractivity contribution in [2.45, 2.75) is 76.9 Å². The Hall–Kier alpha value is -8.64. The highest BCUT2D eigenvalue weighted by Gasteiger charge is 2.43. The van der Waals surface area contributed by atoms with Crippen LogP contribution in [0, 0.1) is 5.92 Å². The highest BCUT2D eigenvalue weighted by Crippen LogP contribution is 2.46. The first-order valence-electron chi connectivity index (χ1n) is 28.4. The molecule has 1 aliphatic heterocycles. The zero-order chi connectivity index (χ0) is 52.4. The third-order valence-corrected chi connectivity index (χ3v) is 16.9. The second kappa shape index (κ2) is 21.4. The van der Waals surface area contributed by atoms with Gasteiger partial charge in [-0.05, 0) is 185 Å².